The highest BCUT2D eigenvalue weighted by molar-refractivity contribution is 5.98. The van der Waals surface area contributed by atoms with Gasteiger partial charge in [0.2, 0.25) is 5.91 Å². The molecular formula is C33H43N5O4. The zero-order valence-corrected chi connectivity index (χ0v) is 24.6. The number of ketones is 1. The molecule has 4 N–H and O–H groups in total. The molecule has 0 bridgehead atoms. The average molecular weight is 574 g/mol. The molecule has 1 unspecified atom stereocenters. The SMILES string of the molecule is CC(C)(N)C(=O)N[C@H](COCc1ccccc1)C(=O)Nc1cn(C(C(=O)C2CCCCCCC2)c2ccccc2)cn1. The smallest absolute Gasteiger partial charge is 0.250 e. The molecule has 224 valence electrons. The lowest BCUT2D eigenvalue weighted by Crippen LogP contribution is -2.56. The number of aromatic nitrogens is 2. The van der Waals surface area contributed by atoms with Gasteiger partial charge >= 0.3 is 0 Å². The highest BCUT2D eigenvalue weighted by Crippen LogP contribution is 2.30. The van der Waals surface area contributed by atoms with Crippen molar-refractivity contribution in [3.63, 3.8) is 0 Å². The third-order valence-electron chi connectivity index (χ3n) is 7.65. The minimum Gasteiger partial charge on any atom is -0.374 e. The van der Waals surface area contributed by atoms with Crippen LogP contribution in [0.3, 0.4) is 0 Å². The minimum absolute atomic E-state index is 0.0167. The minimum atomic E-state index is -1.18. The van der Waals surface area contributed by atoms with Gasteiger partial charge in [0.25, 0.3) is 5.91 Å². The molecule has 9 heteroatoms. The molecule has 2 amide bonds. The molecule has 0 saturated heterocycles. The number of nitrogens with one attached hydrogen (secondary N) is 2. The van der Waals surface area contributed by atoms with Crippen LogP contribution in [0.2, 0.25) is 0 Å². The van der Waals surface area contributed by atoms with Gasteiger partial charge in [0.15, 0.2) is 11.6 Å². The van der Waals surface area contributed by atoms with E-state index in [0.717, 1.165) is 49.7 Å². The zero-order chi connectivity index (χ0) is 30.0. The first kappa shape index (κ1) is 31.1. The van der Waals surface area contributed by atoms with Gasteiger partial charge in [-0.15, -0.1) is 0 Å². The van der Waals surface area contributed by atoms with E-state index >= 15 is 0 Å². The van der Waals surface area contributed by atoms with Crippen molar-refractivity contribution in [1.82, 2.24) is 14.9 Å². The van der Waals surface area contributed by atoms with Crippen LogP contribution in [-0.2, 0) is 25.7 Å². The van der Waals surface area contributed by atoms with Gasteiger partial charge in [-0.2, -0.15) is 0 Å². The Bertz CT molecular complexity index is 1290. The molecular weight excluding hydrogens is 530 g/mol. The van der Waals surface area contributed by atoms with Crippen molar-refractivity contribution in [1.29, 1.82) is 0 Å². The Morgan fingerprint density at radius 3 is 2.24 bits per heavy atom. The molecule has 9 nitrogen and oxygen atoms in total. The average Bonchev–Trinajstić information content (AvgIpc) is 3.40. The highest BCUT2D eigenvalue weighted by atomic mass is 16.5. The number of nitrogens with zero attached hydrogens (tertiary/aromatic N) is 2. The zero-order valence-electron chi connectivity index (χ0n) is 24.6. The standard InChI is InChI=1S/C33H43N5O4/c1-33(2,34)32(41)36-27(22-42-21-24-14-8-6-9-15-24)31(40)37-28-20-38(23-35-28)29(25-16-12-7-13-17-25)30(39)26-18-10-4-3-5-11-19-26/h6-9,12-17,20,23,26-27,29H,3-5,10-11,18-19,21-22,34H2,1-2H3,(H,36,41)(H,37,40)/t27-,29?/m1/s1. The number of rotatable bonds is 12. The maximum atomic E-state index is 13.9. The van der Waals surface area contributed by atoms with E-state index in [1.165, 1.54) is 6.42 Å². The molecule has 1 saturated carbocycles. The van der Waals surface area contributed by atoms with Crippen molar-refractivity contribution >= 4 is 23.4 Å². The van der Waals surface area contributed by atoms with Crippen LogP contribution in [0.5, 0.6) is 0 Å². The van der Waals surface area contributed by atoms with Crippen LogP contribution in [0, 0.1) is 5.92 Å². The summed E-state index contributed by atoms with van der Waals surface area (Å²) in [4.78, 5) is 44.4. The topological polar surface area (TPSA) is 128 Å². The molecule has 1 aliphatic carbocycles. The quantitative estimate of drug-likeness (QED) is 0.286. The molecule has 1 aromatic heterocycles. The number of hydrogen-bond donors (Lipinski definition) is 3. The van der Waals surface area contributed by atoms with Gasteiger partial charge in [0.05, 0.1) is 25.1 Å². The summed E-state index contributed by atoms with van der Waals surface area (Å²) in [6.07, 6.45) is 10.7. The van der Waals surface area contributed by atoms with E-state index in [9.17, 15) is 14.4 Å². The number of imidazole rings is 1. The number of ether oxygens (including phenoxy) is 1. The summed E-state index contributed by atoms with van der Waals surface area (Å²) in [6.45, 7) is 3.36. The van der Waals surface area contributed by atoms with Crippen molar-refractivity contribution in [2.24, 2.45) is 11.7 Å². The maximum absolute atomic E-state index is 13.9. The normalized spacial score (nSPS) is 16.1. The molecule has 2 atom stereocenters. The highest BCUT2D eigenvalue weighted by Gasteiger charge is 2.31. The fraction of sp³-hybridized carbons (Fsp3) is 0.455. The van der Waals surface area contributed by atoms with Gasteiger partial charge < -0.3 is 25.7 Å². The number of hydrogen-bond acceptors (Lipinski definition) is 6. The Kier molecular flexibility index (Phi) is 11.0. The van der Waals surface area contributed by atoms with Crippen LogP contribution in [0.4, 0.5) is 5.82 Å². The summed E-state index contributed by atoms with van der Waals surface area (Å²) >= 11 is 0. The summed E-state index contributed by atoms with van der Waals surface area (Å²) in [7, 11) is 0. The molecule has 0 radical (unpaired) electrons. The number of carbonyl (C=O) groups excluding carboxylic acids is 3. The van der Waals surface area contributed by atoms with E-state index in [1.54, 1.807) is 30.9 Å². The van der Waals surface area contributed by atoms with Gasteiger partial charge in [0.1, 0.15) is 12.1 Å². The number of carbonyl (C=O) groups is 3. The van der Waals surface area contributed by atoms with E-state index in [1.807, 2.05) is 60.7 Å². The second-order valence-electron chi connectivity index (χ2n) is 11.7. The molecule has 42 heavy (non-hydrogen) atoms. The predicted molar refractivity (Wildman–Crippen MR) is 163 cm³/mol. The lowest BCUT2D eigenvalue weighted by Gasteiger charge is -2.25. The Labute approximate surface area is 248 Å². The van der Waals surface area contributed by atoms with Crippen LogP contribution in [0.25, 0.3) is 0 Å². The molecule has 3 aromatic rings. The van der Waals surface area contributed by atoms with Crippen molar-refractivity contribution in [3.05, 3.63) is 84.3 Å². The number of amides is 2. The van der Waals surface area contributed by atoms with Crippen molar-refractivity contribution in [3.8, 4) is 0 Å². The molecule has 4 rings (SSSR count). The summed E-state index contributed by atoms with van der Waals surface area (Å²) in [5, 5.41) is 5.49. The van der Waals surface area contributed by atoms with Crippen molar-refractivity contribution < 1.29 is 19.1 Å². The van der Waals surface area contributed by atoms with Gasteiger partial charge in [0, 0.05) is 12.1 Å². The number of benzene rings is 2. The van der Waals surface area contributed by atoms with E-state index in [2.05, 4.69) is 15.6 Å². The summed E-state index contributed by atoms with van der Waals surface area (Å²) in [5.41, 5.74) is 6.61. The van der Waals surface area contributed by atoms with Crippen LogP contribution >= 0.6 is 0 Å². The third kappa shape index (κ3) is 8.84. The second-order valence-corrected chi connectivity index (χ2v) is 11.7. The monoisotopic (exact) mass is 573 g/mol. The molecule has 1 heterocycles. The van der Waals surface area contributed by atoms with Crippen LogP contribution < -0.4 is 16.4 Å². The van der Waals surface area contributed by atoms with Gasteiger partial charge in [-0.1, -0.05) is 92.8 Å². The summed E-state index contributed by atoms with van der Waals surface area (Å²) in [5.74, 6) is -0.542. The second kappa shape index (κ2) is 14.9. The molecule has 1 aliphatic rings. The maximum Gasteiger partial charge on any atom is 0.250 e. The number of nitrogens with two attached hydrogens (primary N) is 1. The molecule has 0 spiro atoms. The van der Waals surface area contributed by atoms with Crippen LogP contribution in [-0.4, -0.2) is 45.3 Å². The Hall–Kier alpha value is -3.82. The van der Waals surface area contributed by atoms with Crippen LogP contribution in [0.15, 0.2) is 73.2 Å². The first-order valence-corrected chi connectivity index (χ1v) is 14.9. The fourth-order valence-electron chi connectivity index (χ4n) is 5.23. The van der Waals surface area contributed by atoms with Gasteiger partial charge in [-0.25, -0.2) is 4.98 Å². The Morgan fingerprint density at radius 2 is 1.60 bits per heavy atom. The fourth-order valence-corrected chi connectivity index (χ4v) is 5.23. The van der Waals surface area contributed by atoms with Gasteiger partial charge in [-0.05, 0) is 37.8 Å². The van der Waals surface area contributed by atoms with E-state index in [4.69, 9.17) is 10.5 Å². The lowest BCUT2D eigenvalue weighted by atomic mass is 9.84. The molecule has 0 aliphatic heterocycles. The largest absolute Gasteiger partial charge is 0.374 e. The first-order valence-electron chi connectivity index (χ1n) is 14.9. The Morgan fingerprint density at radius 1 is 0.976 bits per heavy atom. The molecule has 2 aromatic carbocycles. The number of anilines is 1. The summed E-state index contributed by atoms with van der Waals surface area (Å²) < 4.78 is 7.56. The number of Topliss-reactive ketones (excluding diaryl/α,β-unsaturated/α-hetero) is 1. The lowest BCUT2D eigenvalue weighted by molar-refractivity contribution is -0.130. The van der Waals surface area contributed by atoms with Crippen molar-refractivity contribution in [2.45, 2.75) is 83.0 Å². The molecule has 1 fully saturated rings. The van der Waals surface area contributed by atoms with Crippen LogP contribution in [0.1, 0.15) is 76.0 Å². The Balaban J connectivity index is 1.50. The summed E-state index contributed by atoms with van der Waals surface area (Å²) in [6, 6.07) is 17.7. The first-order chi connectivity index (χ1) is 20.2. The predicted octanol–water partition coefficient (Wildman–Crippen LogP) is 4.78. The third-order valence-corrected chi connectivity index (χ3v) is 7.65. The van der Waals surface area contributed by atoms with E-state index in [0.29, 0.717) is 0 Å². The van der Waals surface area contributed by atoms with E-state index < -0.39 is 29.4 Å². The van der Waals surface area contributed by atoms with E-state index in [-0.39, 0.29) is 30.7 Å². The van der Waals surface area contributed by atoms with Gasteiger partial charge in [-0.3, -0.25) is 14.4 Å². The van der Waals surface area contributed by atoms with Crippen molar-refractivity contribution in [2.75, 3.05) is 11.9 Å².